The number of rotatable bonds is 11. The Hall–Kier alpha value is -0.203. The fraction of sp³-hybridized carbons (Fsp3) is 0.875. The molecule has 4 nitrogen and oxygen atoms in total. The Morgan fingerprint density at radius 1 is 1.33 bits per heavy atom. The van der Waals surface area contributed by atoms with Crippen LogP contribution < -0.4 is 0 Å². The van der Waals surface area contributed by atoms with Gasteiger partial charge in [-0.2, -0.15) is 0 Å². The third kappa shape index (κ3) is 8.12. The molecule has 0 aliphatic carbocycles. The van der Waals surface area contributed by atoms with Crippen LogP contribution in [0.4, 0.5) is 0 Å². The Morgan fingerprint density at radius 3 is 2.67 bits per heavy atom. The molecule has 0 spiro atoms. The standard InChI is InChI=1S/C16H32O4Si/c1-14(11-17)7-6-8-15-16(2,20-15)12-19-13-18-9-10-21(3,4)5/h7,15,17H,6,8-13H2,1-5H3/b14-7+/t15-,16-/m1/s1. The maximum Gasteiger partial charge on any atom is 0.146 e. The summed E-state index contributed by atoms with van der Waals surface area (Å²) in [5.41, 5.74) is 0.868. The predicted octanol–water partition coefficient (Wildman–Crippen LogP) is 3.19. The minimum Gasteiger partial charge on any atom is -0.392 e. The fourth-order valence-corrected chi connectivity index (χ4v) is 2.83. The Bertz CT molecular complexity index is 338. The molecule has 0 aromatic heterocycles. The zero-order valence-corrected chi connectivity index (χ0v) is 15.3. The van der Waals surface area contributed by atoms with Crippen LogP contribution in [-0.4, -0.2) is 51.5 Å². The monoisotopic (exact) mass is 316 g/mol. The van der Waals surface area contributed by atoms with E-state index in [2.05, 4.69) is 32.6 Å². The topological polar surface area (TPSA) is 51.2 Å². The first-order chi connectivity index (χ1) is 9.77. The number of allylic oxidation sites excluding steroid dienone is 1. The normalized spacial score (nSPS) is 26.2. The molecule has 0 bridgehead atoms. The zero-order valence-electron chi connectivity index (χ0n) is 14.3. The number of hydrogen-bond donors (Lipinski definition) is 1. The molecule has 5 heteroatoms. The highest BCUT2D eigenvalue weighted by molar-refractivity contribution is 6.76. The molecule has 1 rings (SSSR count). The summed E-state index contributed by atoms with van der Waals surface area (Å²) in [5, 5.41) is 8.92. The predicted molar refractivity (Wildman–Crippen MR) is 88.3 cm³/mol. The van der Waals surface area contributed by atoms with Crippen LogP contribution in [0.1, 0.15) is 26.7 Å². The first-order valence-corrected chi connectivity index (χ1v) is 11.6. The van der Waals surface area contributed by atoms with Crippen molar-refractivity contribution in [1.82, 2.24) is 0 Å². The van der Waals surface area contributed by atoms with Crippen LogP contribution in [0.15, 0.2) is 11.6 Å². The average Bonchev–Trinajstić information content (AvgIpc) is 3.03. The molecule has 1 saturated heterocycles. The Morgan fingerprint density at radius 2 is 2.05 bits per heavy atom. The van der Waals surface area contributed by atoms with Crippen molar-refractivity contribution in [3.05, 3.63) is 11.6 Å². The number of epoxide rings is 1. The van der Waals surface area contributed by atoms with Crippen LogP contribution in [0, 0.1) is 0 Å². The molecule has 0 amide bonds. The zero-order chi connectivity index (χ0) is 15.9. The van der Waals surface area contributed by atoms with Gasteiger partial charge in [0.1, 0.15) is 12.4 Å². The molecule has 1 heterocycles. The summed E-state index contributed by atoms with van der Waals surface area (Å²) in [7, 11) is -1.01. The van der Waals surface area contributed by atoms with E-state index in [4.69, 9.17) is 19.3 Å². The molecule has 1 aliphatic heterocycles. The number of aliphatic hydroxyl groups excluding tert-OH is 1. The van der Waals surface area contributed by atoms with Gasteiger partial charge in [-0.3, -0.25) is 0 Å². The van der Waals surface area contributed by atoms with Crippen LogP contribution in [-0.2, 0) is 14.2 Å². The molecular weight excluding hydrogens is 284 g/mol. The second-order valence-electron chi connectivity index (χ2n) is 7.39. The van der Waals surface area contributed by atoms with Gasteiger partial charge in [0.05, 0.1) is 19.3 Å². The van der Waals surface area contributed by atoms with Crippen molar-refractivity contribution in [2.75, 3.05) is 26.6 Å². The molecule has 21 heavy (non-hydrogen) atoms. The quantitative estimate of drug-likeness (QED) is 0.209. The molecule has 0 unspecified atom stereocenters. The SMILES string of the molecule is C/C(=C\CC[C@H]1O[C@]1(C)COCOCC[Si](C)(C)C)CO. The third-order valence-electron chi connectivity index (χ3n) is 3.76. The van der Waals surface area contributed by atoms with E-state index >= 15 is 0 Å². The van der Waals surface area contributed by atoms with Crippen LogP contribution in [0.25, 0.3) is 0 Å². The summed E-state index contributed by atoms with van der Waals surface area (Å²) < 4.78 is 16.8. The van der Waals surface area contributed by atoms with Gasteiger partial charge in [-0.15, -0.1) is 0 Å². The maximum atomic E-state index is 8.92. The van der Waals surface area contributed by atoms with Crippen molar-refractivity contribution < 1.29 is 19.3 Å². The smallest absolute Gasteiger partial charge is 0.146 e. The lowest BCUT2D eigenvalue weighted by atomic mass is 10.0. The molecule has 0 saturated carbocycles. The first kappa shape index (κ1) is 18.8. The van der Waals surface area contributed by atoms with Crippen molar-refractivity contribution in [2.45, 2.75) is 64.1 Å². The van der Waals surface area contributed by atoms with Crippen molar-refractivity contribution >= 4 is 8.07 Å². The lowest BCUT2D eigenvalue weighted by Crippen LogP contribution is -2.23. The molecule has 0 radical (unpaired) electrons. The summed E-state index contributed by atoms with van der Waals surface area (Å²) in [6, 6.07) is 1.17. The Kier molecular flexibility index (Phi) is 7.57. The summed E-state index contributed by atoms with van der Waals surface area (Å²) in [5.74, 6) is 0. The second kappa shape index (κ2) is 8.43. The second-order valence-corrected chi connectivity index (χ2v) is 13.0. The van der Waals surface area contributed by atoms with Crippen molar-refractivity contribution in [1.29, 1.82) is 0 Å². The van der Waals surface area contributed by atoms with Crippen molar-refractivity contribution in [3.8, 4) is 0 Å². The van der Waals surface area contributed by atoms with Gasteiger partial charge in [-0.05, 0) is 32.7 Å². The number of aliphatic hydroxyl groups is 1. The average molecular weight is 317 g/mol. The largest absolute Gasteiger partial charge is 0.392 e. The lowest BCUT2D eigenvalue weighted by molar-refractivity contribution is -0.0629. The van der Waals surface area contributed by atoms with Crippen molar-refractivity contribution in [3.63, 3.8) is 0 Å². The Balaban J connectivity index is 2.03. The van der Waals surface area contributed by atoms with Gasteiger partial charge >= 0.3 is 0 Å². The third-order valence-corrected chi connectivity index (χ3v) is 5.46. The minimum atomic E-state index is -1.01. The van der Waals surface area contributed by atoms with Gasteiger partial charge < -0.3 is 19.3 Å². The van der Waals surface area contributed by atoms with Gasteiger partial charge in [0.2, 0.25) is 0 Å². The van der Waals surface area contributed by atoms with E-state index in [1.54, 1.807) is 0 Å². The molecule has 1 N–H and O–H groups in total. The van der Waals surface area contributed by atoms with Gasteiger partial charge in [-0.25, -0.2) is 0 Å². The highest BCUT2D eigenvalue weighted by Gasteiger charge is 2.51. The van der Waals surface area contributed by atoms with E-state index in [1.807, 2.05) is 6.92 Å². The van der Waals surface area contributed by atoms with Crippen molar-refractivity contribution in [2.24, 2.45) is 0 Å². The van der Waals surface area contributed by atoms with Crippen LogP contribution in [0.5, 0.6) is 0 Å². The van der Waals surface area contributed by atoms with Crippen LogP contribution in [0.2, 0.25) is 25.7 Å². The van der Waals surface area contributed by atoms with E-state index in [1.165, 1.54) is 6.04 Å². The number of ether oxygens (including phenoxy) is 3. The summed E-state index contributed by atoms with van der Waals surface area (Å²) >= 11 is 0. The highest BCUT2D eigenvalue weighted by Crippen LogP contribution is 2.39. The molecule has 1 aliphatic rings. The molecule has 0 aromatic carbocycles. The maximum absolute atomic E-state index is 8.92. The highest BCUT2D eigenvalue weighted by atomic mass is 28.3. The molecule has 124 valence electrons. The van der Waals surface area contributed by atoms with E-state index in [9.17, 15) is 0 Å². The minimum absolute atomic E-state index is 0.140. The van der Waals surface area contributed by atoms with Crippen LogP contribution in [0.3, 0.4) is 0 Å². The van der Waals surface area contributed by atoms with Gasteiger partial charge in [0, 0.05) is 14.7 Å². The van der Waals surface area contributed by atoms with Gasteiger partial charge in [-0.1, -0.05) is 31.3 Å². The summed E-state index contributed by atoms with van der Waals surface area (Å²) in [6.45, 7) is 12.9. The van der Waals surface area contributed by atoms with E-state index in [0.29, 0.717) is 13.4 Å². The van der Waals surface area contributed by atoms with E-state index in [-0.39, 0.29) is 18.3 Å². The van der Waals surface area contributed by atoms with E-state index in [0.717, 1.165) is 25.0 Å². The first-order valence-electron chi connectivity index (χ1n) is 7.87. The molecule has 0 aromatic rings. The molecule has 2 atom stereocenters. The van der Waals surface area contributed by atoms with Gasteiger partial charge in [0.25, 0.3) is 0 Å². The molecule has 1 fully saturated rings. The van der Waals surface area contributed by atoms with Crippen LogP contribution >= 0.6 is 0 Å². The fourth-order valence-electron chi connectivity index (χ4n) is 2.07. The lowest BCUT2D eigenvalue weighted by Gasteiger charge is -2.15. The van der Waals surface area contributed by atoms with Gasteiger partial charge in [0.15, 0.2) is 0 Å². The number of hydrogen-bond acceptors (Lipinski definition) is 4. The summed E-state index contributed by atoms with van der Waals surface area (Å²) in [6.07, 6.45) is 4.26. The summed E-state index contributed by atoms with van der Waals surface area (Å²) in [4.78, 5) is 0. The van der Waals surface area contributed by atoms with E-state index < -0.39 is 8.07 Å². The Labute approximate surface area is 130 Å². The molecular formula is C16H32O4Si.